The summed E-state index contributed by atoms with van der Waals surface area (Å²) in [6.45, 7) is 5.83. The summed E-state index contributed by atoms with van der Waals surface area (Å²) < 4.78 is 0. The molecule has 1 heterocycles. The Balaban J connectivity index is 2.45. The summed E-state index contributed by atoms with van der Waals surface area (Å²) >= 11 is 0. The second-order valence-electron chi connectivity index (χ2n) is 6.95. The Labute approximate surface area is 158 Å². The van der Waals surface area contributed by atoms with Crippen molar-refractivity contribution in [1.29, 1.82) is 0 Å². The van der Waals surface area contributed by atoms with Gasteiger partial charge in [-0.25, -0.2) is 0 Å². The number of rotatable bonds is 9. The zero-order valence-corrected chi connectivity index (χ0v) is 16.0. The number of non-ortho nitro benzene ring substituents is 1. The fourth-order valence-electron chi connectivity index (χ4n) is 3.55. The highest BCUT2D eigenvalue weighted by Crippen LogP contribution is 2.39. The molecule has 1 aromatic rings. The van der Waals surface area contributed by atoms with Crippen LogP contribution in [0.25, 0.3) is 0 Å². The molecule has 0 saturated heterocycles. The Morgan fingerprint density at radius 3 is 2.63 bits per heavy atom. The molecule has 0 bridgehead atoms. The van der Waals surface area contributed by atoms with Gasteiger partial charge in [-0.1, -0.05) is 45.2 Å². The first-order valence-electron chi connectivity index (χ1n) is 9.31. The van der Waals surface area contributed by atoms with Crippen LogP contribution in [0.3, 0.4) is 0 Å². The third kappa shape index (κ3) is 4.35. The zero-order chi connectivity index (χ0) is 20.1. The van der Waals surface area contributed by atoms with E-state index in [0.717, 1.165) is 25.7 Å². The molecule has 7 nitrogen and oxygen atoms in total. The van der Waals surface area contributed by atoms with Crippen LogP contribution in [0.5, 0.6) is 0 Å². The summed E-state index contributed by atoms with van der Waals surface area (Å²) in [7, 11) is 0. The molecule has 0 radical (unpaired) electrons. The molecular weight excluding hydrogens is 348 g/mol. The Bertz CT molecular complexity index is 771. The van der Waals surface area contributed by atoms with E-state index in [9.17, 15) is 24.8 Å². The molecule has 1 N–H and O–H groups in total. The summed E-state index contributed by atoms with van der Waals surface area (Å²) in [5.41, 5.74) is 0.343. The van der Waals surface area contributed by atoms with E-state index >= 15 is 0 Å². The van der Waals surface area contributed by atoms with E-state index in [4.69, 9.17) is 0 Å². The van der Waals surface area contributed by atoms with Crippen LogP contribution < -0.4 is 0 Å². The number of ketones is 1. The van der Waals surface area contributed by atoms with Crippen LogP contribution in [0.15, 0.2) is 35.6 Å². The number of carbonyl (C=O) groups is 2. The summed E-state index contributed by atoms with van der Waals surface area (Å²) in [6, 6.07) is 5.09. The molecule has 1 aliphatic rings. The maximum atomic E-state index is 12.7. The Hall–Kier alpha value is -2.70. The van der Waals surface area contributed by atoms with Crippen molar-refractivity contribution < 1.29 is 19.6 Å². The Morgan fingerprint density at radius 1 is 1.37 bits per heavy atom. The molecule has 2 rings (SSSR count). The maximum Gasteiger partial charge on any atom is 0.290 e. The number of aliphatic hydroxyl groups excluding tert-OH is 1. The van der Waals surface area contributed by atoms with Crippen LogP contribution in [0.1, 0.15) is 58.1 Å². The Kier molecular flexibility index (Phi) is 6.71. The van der Waals surface area contributed by atoms with E-state index < -0.39 is 28.4 Å². The SMILES string of the molecule is CCCCC(CC)CN1C(=O)C(O)=C(C(C)=O)C1c1cccc([N+](=O)[O-])c1. The number of benzene rings is 1. The van der Waals surface area contributed by atoms with Gasteiger partial charge >= 0.3 is 0 Å². The molecule has 0 aromatic heterocycles. The molecule has 146 valence electrons. The lowest BCUT2D eigenvalue weighted by atomic mass is 9.94. The van der Waals surface area contributed by atoms with Crippen molar-refractivity contribution in [2.45, 2.75) is 52.5 Å². The van der Waals surface area contributed by atoms with Crippen molar-refractivity contribution in [3.63, 3.8) is 0 Å². The summed E-state index contributed by atoms with van der Waals surface area (Å²) in [5, 5.41) is 21.4. The third-order valence-corrected chi connectivity index (χ3v) is 5.08. The van der Waals surface area contributed by atoms with E-state index in [1.807, 2.05) is 6.92 Å². The van der Waals surface area contributed by atoms with Crippen molar-refractivity contribution in [3.8, 4) is 0 Å². The number of aliphatic hydroxyl groups is 1. The van der Waals surface area contributed by atoms with Gasteiger partial charge in [0.05, 0.1) is 16.5 Å². The quantitative estimate of drug-likeness (QED) is 0.518. The van der Waals surface area contributed by atoms with Crippen LogP contribution >= 0.6 is 0 Å². The number of Topliss-reactive ketones (excluding diaryl/α,β-unsaturated/α-hetero) is 1. The third-order valence-electron chi connectivity index (χ3n) is 5.08. The van der Waals surface area contributed by atoms with Gasteiger partial charge in [-0.05, 0) is 24.8 Å². The molecule has 1 aliphatic heterocycles. The number of nitro groups is 1. The number of unbranched alkanes of at least 4 members (excludes halogenated alkanes) is 1. The van der Waals surface area contributed by atoms with E-state index in [-0.39, 0.29) is 17.2 Å². The number of hydrogen-bond acceptors (Lipinski definition) is 5. The van der Waals surface area contributed by atoms with Gasteiger partial charge in [0.15, 0.2) is 11.5 Å². The first-order chi connectivity index (χ1) is 12.8. The van der Waals surface area contributed by atoms with Crippen LogP contribution in [0.2, 0.25) is 0 Å². The highest BCUT2D eigenvalue weighted by molar-refractivity contribution is 6.08. The van der Waals surface area contributed by atoms with Crippen molar-refractivity contribution in [2.24, 2.45) is 5.92 Å². The minimum atomic E-state index is -0.800. The smallest absolute Gasteiger partial charge is 0.290 e. The van der Waals surface area contributed by atoms with E-state index in [2.05, 4.69) is 6.92 Å². The first-order valence-corrected chi connectivity index (χ1v) is 9.31. The molecule has 0 fully saturated rings. The average molecular weight is 374 g/mol. The Morgan fingerprint density at radius 2 is 2.07 bits per heavy atom. The highest BCUT2D eigenvalue weighted by atomic mass is 16.6. The van der Waals surface area contributed by atoms with E-state index in [0.29, 0.717) is 12.1 Å². The number of nitrogens with zero attached hydrogens (tertiary/aromatic N) is 2. The van der Waals surface area contributed by atoms with Crippen LogP contribution in [0.4, 0.5) is 5.69 Å². The van der Waals surface area contributed by atoms with E-state index in [1.165, 1.54) is 30.0 Å². The van der Waals surface area contributed by atoms with Gasteiger partial charge in [0, 0.05) is 18.7 Å². The van der Waals surface area contributed by atoms with Gasteiger partial charge < -0.3 is 10.0 Å². The molecule has 0 saturated carbocycles. The van der Waals surface area contributed by atoms with Crippen molar-refractivity contribution in [2.75, 3.05) is 6.54 Å². The van der Waals surface area contributed by atoms with Gasteiger partial charge in [-0.3, -0.25) is 19.7 Å². The molecule has 1 aromatic carbocycles. The standard InChI is InChI=1S/C20H26N2O5/c1-4-6-8-14(5-2)12-21-18(17(13(3)23)19(24)20(21)25)15-9-7-10-16(11-15)22(26)27/h7,9-11,14,18,24H,4-6,8,12H2,1-3H3. The van der Waals surface area contributed by atoms with Crippen LogP contribution in [-0.2, 0) is 9.59 Å². The second kappa shape index (κ2) is 8.79. The van der Waals surface area contributed by atoms with Gasteiger partial charge in [0.2, 0.25) is 0 Å². The molecule has 7 heteroatoms. The summed E-state index contributed by atoms with van der Waals surface area (Å²) in [6.07, 6.45) is 3.87. The largest absolute Gasteiger partial charge is 0.503 e. The highest BCUT2D eigenvalue weighted by Gasteiger charge is 2.43. The molecule has 2 unspecified atom stereocenters. The van der Waals surface area contributed by atoms with Crippen molar-refractivity contribution in [3.05, 3.63) is 51.3 Å². The predicted octanol–water partition coefficient (Wildman–Crippen LogP) is 4.10. The molecule has 0 spiro atoms. The molecule has 0 aliphatic carbocycles. The summed E-state index contributed by atoms with van der Waals surface area (Å²) in [4.78, 5) is 36.9. The van der Waals surface area contributed by atoms with Gasteiger partial charge in [-0.2, -0.15) is 0 Å². The van der Waals surface area contributed by atoms with Gasteiger partial charge in [0.1, 0.15) is 0 Å². The number of hydrogen-bond donors (Lipinski definition) is 1. The maximum absolute atomic E-state index is 12.7. The van der Waals surface area contributed by atoms with Crippen molar-refractivity contribution >= 4 is 17.4 Å². The summed E-state index contributed by atoms with van der Waals surface area (Å²) in [5.74, 6) is -1.33. The lowest BCUT2D eigenvalue weighted by Crippen LogP contribution is -2.35. The fourth-order valence-corrected chi connectivity index (χ4v) is 3.55. The molecule has 2 atom stereocenters. The number of amides is 1. The van der Waals surface area contributed by atoms with Crippen LogP contribution in [-0.4, -0.2) is 33.2 Å². The topological polar surface area (TPSA) is 101 Å². The minimum Gasteiger partial charge on any atom is -0.503 e. The van der Waals surface area contributed by atoms with Gasteiger partial charge in [-0.15, -0.1) is 0 Å². The second-order valence-corrected chi connectivity index (χ2v) is 6.95. The van der Waals surface area contributed by atoms with E-state index in [1.54, 1.807) is 6.07 Å². The minimum absolute atomic E-state index is 0.00541. The first kappa shape index (κ1) is 20.6. The zero-order valence-electron chi connectivity index (χ0n) is 16.0. The lowest BCUT2D eigenvalue weighted by Gasteiger charge is -2.30. The predicted molar refractivity (Wildman–Crippen MR) is 101 cm³/mol. The normalized spacial score (nSPS) is 18.1. The number of nitro benzene ring substituents is 1. The molecule has 1 amide bonds. The number of carbonyl (C=O) groups excluding carboxylic acids is 2. The average Bonchev–Trinajstić information content (AvgIpc) is 2.89. The monoisotopic (exact) mass is 374 g/mol. The van der Waals surface area contributed by atoms with Gasteiger partial charge in [0.25, 0.3) is 11.6 Å². The lowest BCUT2D eigenvalue weighted by molar-refractivity contribution is -0.384. The molecule has 27 heavy (non-hydrogen) atoms. The fraction of sp³-hybridized carbons (Fsp3) is 0.500. The van der Waals surface area contributed by atoms with Crippen LogP contribution in [0, 0.1) is 16.0 Å². The molecular formula is C20H26N2O5. The van der Waals surface area contributed by atoms with Crippen molar-refractivity contribution in [1.82, 2.24) is 4.90 Å².